The molecule has 0 spiro atoms. The Morgan fingerprint density at radius 2 is 1.88 bits per heavy atom. The van der Waals surface area contributed by atoms with Crippen molar-refractivity contribution in [3.05, 3.63) is 60.3 Å². The quantitative estimate of drug-likeness (QED) is 0.715. The zero-order chi connectivity index (χ0) is 18.7. The molecule has 6 heteroatoms. The van der Waals surface area contributed by atoms with E-state index in [-0.39, 0.29) is 0 Å². The lowest BCUT2D eigenvalue weighted by molar-refractivity contribution is -0.123. The number of rotatable bonds is 5. The third kappa shape index (κ3) is 3.54. The van der Waals surface area contributed by atoms with Gasteiger partial charge in [-0.15, -0.1) is 0 Å². The molecule has 1 N–H and O–H groups in total. The summed E-state index contributed by atoms with van der Waals surface area (Å²) in [7, 11) is 3.41. The van der Waals surface area contributed by atoms with Crippen LogP contribution in [0.4, 0.5) is 5.69 Å². The minimum Gasteiger partial charge on any atom is -0.497 e. The number of ether oxygens (including phenoxy) is 2. The van der Waals surface area contributed by atoms with E-state index in [9.17, 15) is 9.59 Å². The highest BCUT2D eigenvalue weighted by Gasteiger charge is 2.22. The number of aryl methyl sites for hydroxylation is 1. The maximum absolute atomic E-state index is 12.5. The van der Waals surface area contributed by atoms with Crippen molar-refractivity contribution in [2.45, 2.75) is 13.0 Å². The van der Waals surface area contributed by atoms with Crippen molar-refractivity contribution in [2.75, 3.05) is 12.4 Å². The van der Waals surface area contributed by atoms with Crippen molar-refractivity contribution >= 4 is 28.5 Å². The zero-order valence-electron chi connectivity index (χ0n) is 14.9. The van der Waals surface area contributed by atoms with Gasteiger partial charge in [0.05, 0.1) is 12.7 Å². The van der Waals surface area contributed by atoms with E-state index in [1.165, 1.54) is 0 Å². The van der Waals surface area contributed by atoms with E-state index in [2.05, 4.69) is 5.32 Å². The molecule has 1 amide bonds. The summed E-state index contributed by atoms with van der Waals surface area (Å²) in [5, 5.41) is 3.51. The van der Waals surface area contributed by atoms with E-state index < -0.39 is 18.0 Å². The highest BCUT2D eigenvalue weighted by Crippen LogP contribution is 2.22. The second kappa shape index (κ2) is 7.31. The van der Waals surface area contributed by atoms with Gasteiger partial charge in [-0.1, -0.05) is 24.3 Å². The van der Waals surface area contributed by atoms with E-state index in [4.69, 9.17) is 9.47 Å². The van der Waals surface area contributed by atoms with Crippen molar-refractivity contribution in [3.63, 3.8) is 0 Å². The molecule has 2 aromatic carbocycles. The fraction of sp³-hybridized carbons (Fsp3) is 0.200. The fourth-order valence-corrected chi connectivity index (χ4v) is 2.73. The number of carbonyl (C=O) groups excluding carboxylic acids is 2. The fourth-order valence-electron chi connectivity index (χ4n) is 2.73. The summed E-state index contributed by atoms with van der Waals surface area (Å²) in [6.07, 6.45) is 0.771. The first-order chi connectivity index (χ1) is 12.5. The first-order valence-corrected chi connectivity index (χ1v) is 8.19. The molecule has 134 valence electrons. The Kier molecular flexibility index (Phi) is 4.93. The number of hydrogen-bond donors (Lipinski definition) is 1. The molecule has 0 unspecified atom stereocenters. The van der Waals surface area contributed by atoms with Gasteiger partial charge >= 0.3 is 5.97 Å². The maximum Gasteiger partial charge on any atom is 0.341 e. The molecule has 1 aromatic heterocycles. The van der Waals surface area contributed by atoms with Gasteiger partial charge in [0.2, 0.25) is 0 Å². The predicted molar refractivity (Wildman–Crippen MR) is 99.4 cm³/mol. The second-order valence-electron chi connectivity index (χ2n) is 5.94. The topological polar surface area (TPSA) is 69.6 Å². The molecule has 0 aliphatic rings. The van der Waals surface area contributed by atoms with Crippen LogP contribution in [0, 0.1) is 0 Å². The van der Waals surface area contributed by atoms with Crippen LogP contribution in [0.25, 0.3) is 10.9 Å². The number of nitrogens with one attached hydrogen (secondary N) is 1. The predicted octanol–water partition coefficient (Wildman–Crippen LogP) is 3.37. The molecule has 1 atom stereocenters. The number of methoxy groups -OCH3 is 1. The maximum atomic E-state index is 12.5. The third-order valence-electron chi connectivity index (χ3n) is 4.11. The van der Waals surface area contributed by atoms with E-state index >= 15 is 0 Å². The number of amides is 1. The molecule has 0 radical (unpaired) electrons. The number of aromatic nitrogens is 1. The molecule has 6 nitrogen and oxygen atoms in total. The Morgan fingerprint density at radius 3 is 2.65 bits per heavy atom. The molecule has 0 saturated heterocycles. The highest BCUT2D eigenvalue weighted by molar-refractivity contribution is 6.05. The van der Waals surface area contributed by atoms with Gasteiger partial charge < -0.3 is 19.4 Å². The van der Waals surface area contributed by atoms with Gasteiger partial charge in [-0.05, 0) is 25.1 Å². The first kappa shape index (κ1) is 17.5. The normalized spacial score (nSPS) is 11.8. The lowest BCUT2D eigenvalue weighted by Gasteiger charge is -2.13. The molecule has 26 heavy (non-hydrogen) atoms. The monoisotopic (exact) mass is 352 g/mol. The van der Waals surface area contributed by atoms with Crippen LogP contribution in [0.2, 0.25) is 0 Å². The lowest BCUT2D eigenvalue weighted by atomic mass is 10.2. The third-order valence-corrected chi connectivity index (χ3v) is 4.11. The zero-order valence-corrected chi connectivity index (χ0v) is 14.9. The molecular formula is C20H20N2O4. The Labute approximate surface area is 151 Å². The summed E-state index contributed by atoms with van der Waals surface area (Å²) in [6.45, 7) is 1.54. The van der Waals surface area contributed by atoms with Crippen molar-refractivity contribution in [3.8, 4) is 5.75 Å². The summed E-state index contributed by atoms with van der Waals surface area (Å²) in [4.78, 5) is 24.8. The number of esters is 1. The van der Waals surface area contributed by atoms with Crippen LogP contribution in [0.1, 0.15) is 17.3 Å². The van der Waals surface area contributed by atoms with Crippen LogP contribution in [-0.4, -0.2) is 29.7 Å². The van der Waals surface area contributed by atoms with E-state index in [1.807, 2.05) is 35.9 Å². The van der Waals surface area contributed by atoms with E-state index in [0.29, 0.717) is 17.0 Å². The summed E-state index contributed by atoms with van der Waals surface area (Å²) < 4.78 is 12.3. The number of fused-ring (bicyclic) bond motifs is 1. The molecule has 3 rings (SSSR count). The van der Waals surface area contributed by atoms with Crippen molar-refractivity contribution < 1.29 is 19.1 Å². The summed E-state index contributed by atoms with van der Waals surface area (Å²) in [5.41, 5.74) is 1.93. The molecule has 0 fully saturated rings. The van der Waals surface area contributed by atoms with Crippen molar-refractivity contribution in [1.82, 2.24) is 4.57 Å². The Morgan fingerprint density at radius 1 is 1.12 bits per heavy atom. The summed E-state index contributed by atoms with van der Waals surface area (Å²) >= 11 is 0. The highest BCUT2D eigenvalue weighted by atomic mass is 16.5. The van der Waals surface area contributed by atoms with Gasteiger partial charge in [0, 0.05) is 35.9 Å². The molecule has 0 aliphatic carbocycles. The van der Waals surface area contributed by atoms with Gasteiger partial charge in [0.25, 0.3) is 5.91 Å². The Hall–Kier alpha value is -3.28. The van der Waals surface area contributed by atoms with Crippen LogP contribution >= 0.6 is 0 Å². The molecular weight excluding hydrogens is 332 g/mol. The SMILES string of the molecule is COc1cccc(NC(=O)[C@@H](C)OC(=O)c2cn(C)c3ccccc23)c1. The standard InChI is InChI=1S/C20H20N2O4/c1-13(19(23)21-14-7-6-8-15(11-14)25-3)26-20(24)17-12-22(2)18-10-5-4-9-16(17)18/h4-13H,1-3H3,(H,21,23)/t13-/m1/s1. The Bertz CT molecular complexity index is 961. The number of carbonyl (C=O) groups is 2. The Balaban J connectivity index is 1.71. The van der Waals surface area contributed by atoms with Crippen molar-refractivity contribution in [2.24, 2.45) is 7.05 Å². The van der Waals surface area contributed by atoms with Crippen LogP contribution in [0.3, 0.4) is 0 Å². The van der Waals surface area contributed by atoms with Gasteiger partial charge in [-0.3, -0.25) is 4.79 Å². The van der Waals surface area contributed by atoms with Crippen LogP contribution in [0.5, 0.6) is 5.75 Å². The molecule has 1 heterocycles. The largest absolute Gasteiger partial charge is 0.497 e. The number of nitrogens with zero attached hydrogens (tertiary/aromatic N) is 1. The van der Waals surface area contributed by atoms with Crippen LogP contribution < -0.4 is 10.1 Å². The van der Waals surface area contributed by atoms with Crippen LogP contribution in [-0.2, 0) is 16.6 Å². The average Bonchev–Trinajstić information content (AvgIpc) is 2.99. The minimum absolute atomic E-state index is 0.410. The lowest BCUT2D eigenvalue weighted by Crippen LogP contribution is -2.30. The smallest absolute Gasteiger partial charge is 0.341 e. The first-order valence-electron chi connectivity index (χ1n) is 8.19. The molecule has 3 aromatic rings. The van der Waals surface area contributed by atoms with Gasteiger partial charge in [-0.25, -0.2) is 4.79 Å². The van der Waals surface area contributed by atoms with Gasteiger partial charge in [0.1, 0.15) is 5.75 Å². The summed E-state index contributed by atoms with van der Waals surface area (Å²) in [6, 6.07) is 14.5. The molecule has 0 saturated carbocycles. The number of anilines is 1. The van der Waals surface area contributed by atoms with E-state index in [0.717, 1.165) is 10.9 Å². The molecule has 0 bridgehead atoms. The second-order valence-corrected chi connectivity index (χ2v) is 5.94. The number of hydrogen-bond acceptors (Lipinski definition) is 4. The molecule has 0 aliphatic heterocycles. The van der Waals surface area contributed by atoms with Crippen LogP contribution in [0.15, 0.2) is 54.7 Å². The van der Waals surface area contributed by atoms with E-state index in [1.54, 1.807) is 44.5 Å². The van der Waals surface area contributed by atoms with Gasteiger partial charge in [-0.2, -0.15) is 0 Å². The minimum atomic E-state index is -0.937. The van der Waals surface area contributed by atoms with Crippen molar-refractivity contribution in [1.29, 1.82) is 0 Å². The average molecular weight is 352 g/mol. The van der Waals surface area contributed by atoms with Gasteiger partial charge in [0.15, 0.2) is 6.10 Å². The number of benzene rings is 2. The summed E-state index contributed by atoms with van der Waals surface area (Å²) in [5.74, 6) is -0.315. The number of para-hydroxylation sites is 1.